The maximum Gasteiger partial charge on any atom is 0.330 e. The van der Waals surface area contributed by atoms with Crippen molar-refractivity contribution >= 4 is 15.9 Å². The molecule has 2 aromatic rings. The van der Waals surface area contributed by atoms with E-state index in [0.717, 1.165) is 15.3 Å². The standard InChI is InChI=1S/C16H20N4O5S/c1-4-17-14(21)12-7-5-11(6-8-12)9-18-26(24,25)13-10-19(2)16(23)20(3)15(13)22/h5-8,10,18H,4,9H2,1-3H3,(H,17,21). The highest BCUT2D eigenvalue weighted by molar-refractivity contribution is 7.89. The van der Waals surface area contributed by atoms with Gasteiger partial charge in [-0.05, 0) is 24.6 Å². The Hall–Kier alpha value is -2.72. The smallest absolute Gasteiger partial charge is 0.330 e. The third-order valence-electron chi connectivity index (χ3n) is 3.72. The summed E-state index contributed by atoms with van der Waals surface area (Å²) in [4.78, 5) is 34.9. The first-order valence-electron chi connectivity index (χ1n) is 7.81. The fourth-order valence-corrected chi connectivity index (χ4v) is 3.43. The first kappa shape index (κ1) is 19.6. The summed E-state index contributed by atoms with van der Waals surface area (Å²) in [6.45, 7) is 2.25. The van der Waals surface area contributed by atoms with Crippen molar-refractivity contribution in [2.45, 2.75) is 18.4 Å². The number of sulfonamides is 1. The lowest BCUT2D eigenvalue weighted by Crippen LogP contribution is -2.41. The molecule has 0 unspecified atom stereocenters. The molecule has 1 heterocycles. The van der Waals surface area contributed by atoms with Crippen LogP contribution in [0.15, 0.2) is 44.9 Å². The second-order valence-corrected chi connectivity index (χ2v) is 7.37. The second kappa shape index (κ2) is 7.67. The summed E-state index contributed by atoms with van der Waals surface area (Å²) in [6, 6.07) is 6.40. The number of nitrogens with one attached hydrogen (secondary N) is 2. The number of aryl methyl sites for hydroxylation is 1. The van der Waals surface area contributed by atoms with Crippen LogP contribution in [0, 0.1) is 0 Å². The van der Waals surface area contributed by atoms with E-state index in [0.29, 0.717) is 17.7 Å². The van der Waals surface area contributed by atoms with Crippen LogP contribution in [0.1, 0.15) is 22.8 Å². The summed E-state index contributed by atoms with van der Waals surface area (Å²) < 4.78 is 28.9. The molecule has 0 aliphatic rings. The normalized spacial score (nSPS) is 11.3. The molecule has 0 atom stereocenters. The van der Waals surface area contributed by atoms with Crippen LogP contribution in [0.5, 0.6) is 0 Å². The lowest BCUT2D eigenvalue weighted by atomic mass is 10.1. The van der Waals surface area contributed by atoms with Gasteiger partial charge in [0.05, 0.1) is 0 Å². The third-order valence-corrected chi connectivity index (χ3v) is 5.11. The Kier molecular flexibility index (Phi) is 5.78. The van der Waals surface area contributed by atoms with Crippen LogP contribution < -0.4 is 21.3 Å². The van der Waals surface area contributed by atoms with Crippen molar-refractivity contribution in [3.63, 3.8) is 0 Å². The van der Waals surface area contributed by atoms with Gasteiger partial charge in [-0.25, -0.2) is 17.9 Å². The minimum absolute atomic E-state index is 0.0655. The zero-order valence-corrected chi connectivity index (χ0v) is 15.5. The van der Waals surface area contributed by atoms with E-state index in [9.17, 15) is 22.8 Å². The van der Waals surface area contributed by atoms with Crippen molar-refractivity contribution in [3.8, 4) is 0 Å². The molecule has 10 heteroatoms. The van der Waals surface area contributed by atoms with Crippen molar-refractivity contribution in [3.05, 3.63) is 62.4 Å². The Morgan fingerprint density at radius 1 is 1.12 bits per heavy atom. The molecule has 0 aliphatic carbocycles. The van der Waals surface area contributed by atoms with Gasteiger partial charge in [0.2, 0.25) is 10.0 Å². The minimum atomic E-state index is -4.11. The Morgan fingerprint density at radius 3 is 2.31 bits per heavy atom. The van der Waals surface area contributed by atoms with Gasteiger partial charge in [0.15, 0.2) is 4.90 Å². The van der Waals surface area contributed by atoms with E-state index in [1.807, 2.05) is 6.92 Å². The number of hydrogen-bond acceptors (Lipinski definition) is 5. The number of amides is 1. The predicted octanol–water partition coefficient (Wildman–Crippen LogP) is -0.688. The van der Waals surface area contributed by atoms with Crippen molar-refractivity contribution in [2.24, 2.45) is 14.1 Å². The molecular formula is C16H20N4O5S. The number of aromatic nitrogens is 2. The van der Waals surface area contributed by atoms with Gasteiger partial charge < -0.3 is 9.88 Å². The van der Waals surface area contributed by atoms with E-state index in [1.165, 1.54) is 14.1 Å². The van der Waals surface area contributed by atoms with Crippen LogP contribution in [-0.4, -0.2) is 30.0 Å². The van der Waals surface area contributed by atoms with E-state index < -0.39 is 26.2 Å². The molecule has 1 aromatic carbocycles. The third kappa shape index (κ3) is 4.09. The molecule has 0 spiro atoms. The number of nitrogens with zero attached hydrogens (tertiary/aromatic N) is 2. The SMILES string of the molecule is CCNC(=O)c1ccc(CNS(=O)(=O)c2cn(C)c(=O)n(C)c2=O)cc1. The Morgan fingerprint density at radius 2 is 1.73 bits per heavy atom. The Labute approximate surface area is 150 Å². The van der Waals surface area contributed by atoms with Gasteiger partial charge in [0, 0.05) is 38.9 Å². The molecule has 0 aliphatic heterocycles. The topological polar surface area (TPSA) is 119 Å². The average molecular weight is 380 g/mol. The second-order valence-electron chi connectivity index (χ2n) is 5.63. The van der Waals surface area contributed by atoms with E-state index in [4.69, 9.17) is 0 Å². The van der Waals surface area contributed by atoms with Gasteiger partial charge in [0.1, 0.15) is 0 Å². The maximum atomic E-state index is 12.4. The number of benzene rings is 1. The molecule has 2 N–H and O–H groups in total. The van der Waals surface area contributed by atoms with E-state index in [-0.39, 0.29) is 12.5 Å². The number of hydrogen-bond donors (Lipinski definition) is 2. The largest absolute Gasteiger partial charge is 0.352 e. The summed E-state index contributed by atoms with van der Waals surface area (Å²) >= 11 is 0. The Bertz CT molecular complexity index is 1040. The fourth-order valence-electron chi connectivity index (χ4n) is 2.25. The highest BCUT2D eigenvalue weighted by atomic mass is 32.2. The molecular weight excluding hydrogens is 360 g/mol. The molecule has 9 nitrogen and oxygen atoms in total. The van der Waals surface area contributed by atoms with Gasteiger partial charge >= 0.3 is 5.69 Å². The minimum Gasteiger partial charge on any atom is -0.352 e. The monoisotopic (exact) mass is 380 g/mol. The first-order valence-corrected chi connectivity index (χ1v) is 9.29. The molecule has 1 amide bonds. The first-order chi connectivity index (χ1) is 12.2. The predicted molar refractivity (Wildman–Crippen MR) is 95.4 cm³/mol. The maximum absolute atomic E-state index is 12.4. The van der Waals surface area contributed by atoms with Gasteiger partial charge in [0.25, 0.3) is 11.5 Å². The zero-order valence-electron chi connectivity index (χ0n) is 14.6. The number of carbonyl (C=O) groups excluding carboxylic acids is 1. The molecule has 140 valence electrons. The quantitative estimate of drug-likeness (QED) is 0.688. The van der Waals surface area contributed by atoms with Crippen molar-refractivity contribution < 1.29 is 13.2 Å². The van der Waals surface area contributed by atoms with Gasteiger partial charge in [-0.2, -0.15) is 0 Å². The van der Waals surface area contributed by atoms with Crippen molar-refractivity contribution in [1.29, 1.82) is 0 Å². The van der Waals surface area contributed by atoms with E-state index >= 15 is 0 Å². The summed E-state index contributed by atoms with van der Waals surface area (Å²) in [5.41, 5.74) is -0.435. The summed E-state index contributed by atoms with van der Waals surface area (Å²) in [7, 11) is -1.53. The fraction of sp³-hybridized carbons (Fsp3) is 0.312. The average Bonchev–Trinajstić information content (AvgIpc) is 2.61. The van der Waals surface area contributed by atoms with Crippen LogP contribution in [-0.2, 0) is 30.7 Å². The van der Waals surface area contributed by atoms with Gasteiger partial charge in [-0.1, -0.05) is 12.1 Å². The molecule has 0 bridgehead atoms. The Balaban J connectivity index is 2.20. The molecule has 0 saturated carbocycles. The molecule has 1 aromatic heterocycles. The lowest BCUT2D eigenvalue weighted by molar-refractivity contribution is 0.0956. The van der Waals surface area contributed by atoms with Crippen molar-refractivity contribution in [1.82, 2.24) is 19.2 Å². The number of carbonyl (C=O) groups is 1. The molecule has 0 saturated heterocycles. The summed E-state index contributed by atoms with van der Waals surface area (Å²) in [5, 5.41) is 2.67. The van der Waals surface area contributed by atoms with Crippen LogP contribution in [0.2, 0.25) is 0 Å². The molecule has 0 fully saturated rings. The van der Waals surface area contributed by atoms with Gasteiger partial charge in [-0.15, -0.1) is 0 Å². The summed E-state index contributed by atoms with van der Waals surface area (Å²) in [6.07, 6.45) is 0.991. The van der Waals surface area contributed by atoms with Crippen LogP contribution in [0.4, 0.5) is 0 Å². The van der Waals surface area contributed by atoms with E-state index in [2.05, 4.69) is 10.0 Å². The van der Waals surface area contributed by atoms with Crippen LogP contribution >= 0.6 is 0 Å². The van der Waals surface area contributed by atoms with Crippen LogP contribution in [0.25, 0.3) is 0 Å². The molecule has 2 rings (SSSR count). The highest BCUT2D eigenvalue weighted by Gasteiger charge is 2.21. The molecule has 26 heavy (non-hydrogen) atoms. The number of rotatable bonds is 6. The van der Waals surface area contributed by atoms with Gasteiger partial charge in [-0.3, -0.25) is 14.2 Å². The van der Waals surface area contributed by atoms with Crippen molar-refractivity contribution in [2.75, 3.05) is 6.54 Å². The highest BCUT2D eigenvalue weighted by Crippen LogP contribution is 2.07. The zero-order chi connectivity index (χ0) is 19.5. The summed E-state index contributed by atoms with van der Waals surface area (Å²) in [5.74, 6) is -0.215. The molecule has 0 radical (unpaired) electrons. The van der Waals surface area contributed by atoms with Crippen LogP contribution in [0.3, 0.4) is 0 Å². The van der Waals surface area contributed by atoms with E-state index in [1.54, 1.807) is 24.3 Å². The lowest BCUT2D eigenvalue weighted by Gasteiger charge is -2.09.